The van der Waals surface area contributed by atoms with E-state index in [2.05, 4.69) is 4.98 Å². The maximum absolute atomic E-state index is 13.8. The van der Waals surface area contributed by atoms with Crippen molar-refractivity contribution in [1.82, 2.24) is 4.98 Å². The highest BCUT2D eigenvalue weighted by atomic mass is 19.1. The molecule has 20 heavy (non-hydrogen) atoms. The number of nitrogens with zero attached hydrogens (tertiary/aromatic N) is 1. The number of pyridine rings is 1. The van der Waals surface area contributed by atoms with Crippen LogP contribution in [-0.2, 0) is 6.42 Å². The molecule has 0 fully saturated rings. The maximum Gasteiger partial charge on any atom is 0.148 e. The van der Waals surface area contributed by atoms with Crippen LogP contribution in [0.5, 0.6) is 11.5 Å². The summed E-state index contributed by atoms with van der Waals surface area (Å²) in [4.78, 5) is 4.40. The van der Waals surface area contributed by atoms with Crippen molar-refractivity contribution in [3.05, 3.63) is 53.1 Å². The van der Waals surface area contributed by atoms with Gasteiger partial charge >= 0.3 is 0 Å². The zero-order chi connectivity index (χ0) is 14.7. The van der Waals surface area contributed by atoms with Gasteiger partial charge in [0.15, 0.2) is 0 Å². The predicted octanol–water partition coefficient (Wildman–Crippen LogP) is 3.94. The van der Waals surface area contributed by atoms with E-state index in [9.17, 15) is 9.50 Å². The van der Waals surface area contributed by atoms with Gasteiger partial charge in [-0.2, -0.15) is 0 Å². The van der Waals surface area contributed by atoms with Crippen LogP contribution in [0.1, 0.15) is 36.9 Å². The molecule has 106 valence electrons. The van der Waals surface area contributed by atoms with Crippen LogP contribution in [0.25, 0.3) is 0 Å². The average molecular weight is 275 g/mol. The van der Waals surface area contributed by atoms with E-state index in [4.69, 9.17) is 4.74 Å². The third-order valence-corrected chi connectivity index (χ3v) is 3.06. The number of aliphatic hydroxyl groups excluding tert-OH is 1. The molecular weight excluding hydrogens is 257 g/mol. The standard InChI is InChI=1S/C16H18FNO2/c1-4-13-14(9-8-10(2)18-13)20-15-7-5-6-12(17)16(15)11(3)19/h5-9,11,19H,4H2,1-3H3/t11-/m0/s1. The summed E-state index contributed by atoms with van der Waals surface area (Å²) in [5.74, 6) is 0.432. The number of hydrogen-bond acceptors (Lipinski definition) is 3. The quantitative estimate of drug-likeness (QED) is 0.919. The van der Waals surface area contributed by atoms with E-state index >= 15 is 0 Å². The molecule has 1 heterocycles. The minimum absolute atomic E-state index is 0.162. The molecule has 0 unspecified atom stereocenters. The van der Waals surface area contributed by atoms with Gasteiger partial charge in [0.25, 0.3) is 0 Å². The van der Waals surface area contributed by atoms with Crippen LogP contribution in [0.4, 0.5) is 4.39 Å². The van der Waals surface area contributed by atoms with Crippen molar-refractivity contribution in [3.63, 3.8) is 0 Å². The van der Waals surface area contributed by atoms with Crippen LogP contribution < -0.4 is 4.74 Å². The molecule has 0 amide bonds. The van der Waals surface area contributed by atoms with Crippen molar-refractivity contribution in [2.24, 2.45) is 0 Å². The molecule has 3 nitrogen and oxygen atoms in total. The molecule has 0 spiro atoms. The highest BCUT2D eigenvalue weighted by Crippen LogP contribution is 2.32. The number of halogens is 1. The summed E-state index contributed by atoms with van der Waals surface area (Å²) < 4.78 is 19.6. The van der Waals surface area contributed by atoms with Crippen LogP contribution in [0.3, 0.4) is 0 Å². The van der Waals surface area contributed by atoms with Gasteiger partial charge in [0.2, 0.25) is 0 Å². The Bertz CT molecular complexity index is 611. The molecule has 0 bridgehead atoms. The minimum Gasteiger partial charge on any atom is -0.455 e. The number of benzene rings is 1. The Morgan fingerprint density at radius 3 is 2.65 bits per heavy atom. The normalized spacial score (nSPS) is 12.2. The lowest BCUT2D eigenvalue weighted by Gasteiger charge is -2.15. The summed E-state index contributed by atoms with van der Waals surface area (Å²) in [5.41, 5.74) is 1.88. The summed E-state index contributed by atoms with van der Waals surface area (Å²) >= 11 is 0. The maximum atomic E-state index is 13.8. The Morgan fingerprint density at radius 2 is 2.00 bits per heavy atom. The van der Waals surface area contributed by atoms with Gasteiger partial charge in [-0.25, -0.2) is 4.39 Å². The molecule has 0 saturated heterocycles. The highest BCUT2D eigenvalue weighted by molar-refractivity contribution is 5.41. The Morgan fingerprint density at radius 1 is 1.25 bits per heavy atom. The number of aromatic nitrogens is 1. The van der Waals surface area contributed by atoms with Crippen LogP contribution >= 0.6 is 0 Å². The molecule has 1 aromatic carbocycles. The first-order valence-corrected chi connectivity index (χ1v) is 6.63. The van der Waals surface area contributed by atoms with Gasteiger partial charge in [-0.3, -0.25) is 4.98 Å². The molecule has 2 rings (SSSR count). The van der Waals surface area contributed by atoms with Gasteiger partial charge in [-0.1, -0.05) is 13.0 Å². The van der Waals surface area contributed by atoms with E-state index in [1.807, 2.05) is 26.0 Å². The fraction of sp³-hybridized carbons (Fsp3) is 0.312. The summed E-state index contributed by atoms with van der Waals surface area (Å²) in [6, 6.07) is 8.17. The first-order valence-electron chi connectivity index (χ1n) is 6.63. The predicted molar refractivity (Wildman–Crippen MR) is 75.5 cm³/mol. The first-order chi connectivity index (χ1) is 9.52. The zero-order valence-electron chi connectivity index (χ0n) is 11.9. The van der Waals surface area contributed by atoms with Gasteiger partial charge < -0.3 is 9.84 Å². The molecule has 0 radical (unpaired) electrons. The molecule has 1 atom stereocenters. The monoisotopic (exact) mass is 275 g/mol. The van der Waals surface area contributed by atoms with Gasteiger partial charge in [-0.05, 0) is 44.5 Å². The molecule has 1 N–H and O–H groups in total. The molecule has 0 aliphatic carbocycles. The Hall–Kier alpha value is -1.94. The van der Waals surface area contributed by atoms with Crippen molar-refractivity contribution >= 4 is 0 Å². The fourth-order valence-electron chi connectivity index (χ4n) is 2.07. The van der Waals surface area contributed by atoms with Crippen molar-refractivity contribution in [2.45, 2.75) is 33.3 Å². The van der Waals surface area contributed by atoms with Crippen LogP contribution in [0.2, 0.25) is 0 Å². The molecule has 2 aromatic rings. The number of rotatable bonds is 4. The number of aliphatic hydroxyl groups is 1. The Balaban J connectivity index is 2.43. The summed E-state index contributed by atoms with van der Waals surface area (Å²) in [5, 5.41) is 9.70. The van der Waals surface area contributed by atoms with Gasteiger partial charge in [0, 0.05) is 5.69 Å². The van der Waals surface area contributed by atoms with E-state index in [1.165, 1.54) is 13.0 Å². The van der Waals surface area contributed by atoms with Crippen molar-refractivity contribution in [1.29, 1.82) is 0 Å². The smallest absolute Gasteiger partial charge is 0.148 e. The molecule has 4 heteroatoms. The largest absolute Gasteiger partial charge is 0.455 e. The third kappa shape index (κ3) is 2.96. The lowest BCUT2D eigenvalue weighted by atomic mass is 10.1. The van der Waals surface area contributed by atoms with Gasteiger partial charge in [-0.15, -0.1) is 0 Å². The summed E-state index contributed by atoms with van der Waals surface area (Å²) in [6.07, 6.45) is -0.217. The number of hydrogen-bond donors (Lipinski definition) is 1. The van der Waals surface area contributed by atoms with Crippen molar-refractivity contribution in [2.75, 3.05) is 0 Å². The second-order valence-corrected chi connectivity index (χ2v) is 4.68. The third-order valence-electron chi connectivity index (χ3n) is 3.06. The lowest BCUT2D eigenvalue weighted by Crippen LogP contribution is -2.02. The molecular formula is C16H18FNO2. The molecule has 0 aliphatic heterocycles. The van der Waals surface area contributed by atoms with E-state index in [1.54, 1.807) is 12.1 Å². The van der Waals surface area contributed by atoms with E-state index in [0.717, 1.165) is 17.8 Å². The summed E-state index contributed by atoms with van der Waals surface area (Å²) in [7, 11) is 0. The Kier molecular flexibility index (Phi) is 4.35. The van der Waals surface area contributed by atoms with E-state index in [-0.39, 0.29) is 5.56 Å². The minimum atomic E-state index is -0.935. The number of aryl methyl sites for hydroxylation is 2. The topological polar surface area (TPSA) is 42.4 Å². The molecule has 0 aliphatic rings. The first kappa shape index (κ1) is 14.5. The summed E-state index contributed by atoms with van der Waals surface area (Å²) in [6.45, 7) is 5.40. The van der Waals surface area contributed by atoms with Crippen LogP contribution in [0, 0.1) is 12.7 Å². The fourth-order valence-corrected chi connectivity index (χ4v) is 2.07. The second kappa shape index (κ2) is 6.01. The average Bonchev–Trinajstić information content (AvgIpc) is 2.40. The highest BCUT2D eigenvalue weighted by Gasteiger charge is 2.16. The van der Waals surface area contributed by atoms with E-state index < -0.39 is 11.9 Å². The van der Waals surface area contributed by atoms with Crippen LogP contribution in [-0.4, -0.2) is 10.1 Å². The van der Waals surface area contributed by atoms with Gasteiger partial charge in [0.1, 0.15) is 17.3 Å². The Labute approximate surface area is 118 Å². The molecule has 0 saturated carbocycles. The SMILES string of the molecule is CCc1nc(C)ccc1Oc1cccc(F)c1[C@H](C)O. The van der Waals surface area contributed by atoms with E-state index in [0.29, 0.717) is 11.5 Å². The van der Waals surface area contributed by atoms with Crippen molar-refractivity contribution < 1.29 is 14.2 Å². The second-order valence-electron chi connectivity index (χ2n) is 4.68. The number of ether oxygens (including phenoxy) is 1. The molecule has 1 aromatic heterocycles. The zero-order valence-corrected chi connectivity index (χ0v) is 11.9. The lowest BCUT2D eigenvalue weighted by molar-refractivity contribution is 0.190. The van der Waals surface area contributed by atoms with Crippen molar-refractivity contribution in [3.8, 4) is 11.5 Å². The van der Waals surface area contributed by atoms with Gasteiger partial charge in [0.05, 0.1) is 17.4 Å². The van der Waals surface area contributed by atoms with Crippen LogP contribution in [0.15, 0.2) is 30.3 Å².